The van der Waals surface area contributed by atoms with Crippen LogP contribution in [0, 0.1) is 0 Å². The molecule has 19 heteroatoms. The number of carbonyl (C=O) groups excluding carboxylic acids is 2. The van der Waals surface area contributed by atoms with Gasteiger partial charge in [-0.2, -0.15) is 0 Å². The molecular formula is C33H63NO18. The van der Waals surface area contributed by atoms with E-state index in [1.807, 2.05) is 0 Å². The lowest BCUT2D eigenvalue weighted by Crippen LogP contribution is -2.31. The number of hydrogen-bond donors (Lipinski definition) is 2. The Bertz CT molecular complexity index is 781. The largest absolute Gasteiger partial charge is 0.480 e. The monoisotopic (exact) mass is 761 g/mol. The Morgan fingerprint density at radius 1 is 0.404 bits per heavy atom. The summed E-state index contributed by atoms with van der Waals surface area (Å²) in [5.41, 5.74) is 0. The lowest BCUT2D eigenvalue weighted by Gasteiger charge is -2.09. The fourth-order valence-corrected chi connectivity index (χ4v) is 3.45. The van der Waals surface area contributed by atoms with E-state index < -0.39 is 18.5 Å². The van der Waals surface area contributed by atoms with Crippen LogP contribution in [0.4, 0.5) is 0 Å². The van der Waals surface area contributed by atoms with Gasteiger partial charge in [-0.1, -0.05) is 0 Å². The van der Waals surface area contributed by atoms with Crippen molar-refractivity contribution in [2.45, 2.75) is 13.3 Å². The van der Waals surface area contributed by atoms with Crippen LogP contribution in [-0.2, 0) is 80.7 Å². The van der Waals surface area contributed by atoms with Gasteiger partial charge in [-0.3, -0.25) is 9.59 Å². The standard InChI is InChI=1S/C33H63NO18/c1-2-52-33(38)3-5-39-7-9-41-11-13-43-15-17-45-19-21-47-23-25-49-27-28-50-26-24-48-22-20-46-18-16-44-14-12-42-10-8-40-6-4-34-31(35)29-51-30-32(36)37/h2-30H2,1H3,(H,34,35)(H,36,37). The minimum Gasteiger partial charge on any atom is -0.480 e. The number of amides is 1. The Morgan fingerprint density at radius 3 is 0.981 bits per heavy atom. The molecule has 0 rings (SSSR count). The lowest BCUT2D eigenvalue weighted by molar-refractivity contribution is -0.145. The minimum atomic E-state index is -1.13. The first-order valence-corrected chi connectivity index (χ1v) is 17.7. The molecule has 0 atom stereocenters. The van der Waals surface area contributed by atoms with E-state index in [2.05, 4.69) is 10.1 Å². The minimum absolute atomic E-state index is 0.247. The number of hydrogen-bond acceptors (Lipinski definition) is 17. The van der Waals surface area contributed by atoms with E-state index in [0.29, 0.717) is 172 Å². The lowest BCUT2D eigenvalue weighted by atomic mass is 10.5. The number of nitrogens with one attached hydrogen (secondary N) is 1. The molecule has 0 bridgehead atoms. The molecule has 0 heterocycles. The molecule has 0 unspecified atom stereocenters. The molecule has 0 aliphatic carbocycles. The maximum atomic E-state index is 11.4. The molecule has 0 spiro atoms. The highest BCUT2D eigenvalue weighted by molar-refractivity contribution is 5.77. The summed E-state index contributed by atoms with van der Waals surface area (Å²) in [6, 6.07) is 0. The molecular weight excluding hydrogens is 698 g/mol. The van der Waals surface area contributed by atoms with Crippen molar-refractivity contribution in [3.63, 3.8) is 0 Å². The van der Waals surface area contributed by atoms with Gasteiger partial charge in [0.05, 0.1) is 172 Å². The Labute approximate surface area is 307 Å². The molecule has 0 aromatic rings. The quantitative estimate of drug-likeness (QED) is 0.0584. The van der Waals surface area contributed by atoms with Crippen molar-refractivity contribution in [1.29, 1.82) is 0 Å². The third kappa shape index (κ3) is 44.1. The number of rotatable bonds is 44. The zero-order valence-corrected chi connectivity index (χ0v) is 30.9. The summed E-state index contributed by atoms with van der Waals surface area (Å²) in [4.78, 5) is 32.8. The molecule has 19 nitrogen and oxygen atoms in total. The Balaban J connectivity index is 3.10. The van der Waals surface area contributed by atoms with Crippen molar-refractivity contribution in [3.05, 3.63) is 0 Å². The van der Waals surface area contributed by atoms with Crippen LogP contribution in [0.15, 0.2) is 0 Å². The second-order valence-corrected chi connectivity index (χ2v) is 10.1. The van der Waals surface area contributed by atoms with Crippen LogP contribution in [0.2, 0.25) is 0 Å². The zero-order chi connectivity index (χ0) is 37.8. The van der Waals surface area contributed by atoms with Gasteiger partial charge in [-0.15, -0.1) is 0 Å². The number of carboxylic acids is 1. The van der Waals surface area contributed by atoms with E-state index >= 15 is 0 Å². The summed E-state index contributed by atoms with van der Waals surface area (Å²) in [5, 5.41) is 11.0. The van der Waals surface area contributed by atoms with E-state index in [1.165, 1.54) is 0 Å². The molecule has 0 aliphatic heterocycles. The molecule has 0 radical (unpaired) electrons. The smallest absolute Gasteiger partial charge is 0.329 e. The molecule has 0 aromatic heterocycles. The van der Waals surface area contributed by atoms with Gasteiger partial charge in [0, 0.05) is 6.54 Å². The van der Waals surface area contributed by atoms with E-state index in [1.54, 1.807) is 6.92 Å². The summed E-state index contributed by atoms with van der Waals surface area (Å²) in [6.45, 7) is 12.3. The average molecular weight is 762 g/mol. The van der Waals surface area contributed by atoms with Crippen LogP contribution in [-0.4, -0.2) is 208 Å². The highest BCUT2D eigenvalue weighted by Gasteiger charge is 2.03. The maximum absolute atomic E-state index is 11.4. The van der Waals surface area contributed by atoms with Crippen molar-refractivity contribution in [1.82, 2.24) is 5.32 Å². The second kappa shape index (κ2) is 43.3. The van der Waals surface area contributed by atoms with E-state index in [-0.39, 0.29) is 19.0 Å². The van der Waals surface area contributed by atoms with Crippen LogP contribution in [0.1, 0.15) is 13.3 Å². The van der Waals surface area contributed by atoms with Gasteiger partial charge < -0.3 is 76.7 Å². The Kier molecular flexibility index (Phi) is 41.5. The van der Waals surface area contributed by atoms with Crippen molar-refractivity contribution < 1.29 is 85.8 Å². The van der Waals surface area contributed by atoms with Crippen molar-refractivity contribution in [3.8, 4) is 0 Å². The van der Waals surface area contributed by atoms with Crippen LogP contribution in [0.25, 0.3) is 0 Å². The van der Waals surface area contributed by atoms with Gasteiger partial charge in [0.15, 0.2) is 0 Å². The third-order valence-electron chi connectivity index (χ3n) is 5.88. The fraction of sp³-hybridized carbons (Fsp3) is 0.909. The molecule has 0 saturated carbocycles. The number of ether oxygens (including phenoxy) is 14. The van der Waals surface area contributed by atoms with Gasteiger partial charge in [-0.25, -0.2) is 4.79 Å². The molecule has 308 valence electrons. The SMILES string of the molecule is CCOC(=O)CCOCCOCCOCCOCCOCCOCCOCCOCCOCCOCCOCCOCCNC(=O)COCC(=O)O. The van der Waals surface area contributed by atoms with Gasteiger partial charge in [-0.05, 0) is 6.92 Å². The van der Waals surface area contributed by atoms with Crippen molar-refractivity contribution >= 4 is 17.8 Å². The molecule has 0 aromatic carbocycles. The highest BCUT2D eigenvalue weighted by atomic mass is 16.6. The summed E-state index contributed by atoms with van der Waals surface area (Å²) in [6.07, 6.45) is 0.247. The maximum Gasteiger partial charge on any atom is 0.329 e. The van der Waals surface area contributed by atoms with Crippen molar-refractivity contribution in [2.75, 3.05) is 185 Å². The Hall–Kier alpha value is -2.11. The predicted octanol–water partition coefficient (Wildman–Crippen LogP) is -0.644. The first-order valence-electron chi connectivity index (χ1n) is 17.7. The summed E-state index contributed by atoms with van der Waals surface area (Å²) < 4.78 is 74.5. The van der Waals surface area contributed by atoms with Crippen LogP contribution in [0.5, 0.6) is 0 Å². The summed E-state index contributed by atoms with van der Waals surface area (Å²) >= 11 is 0. The van der Waals surface area contributed by atoms with Gasteiger partial charge in [0.2, 0.25) is 5.91 Å². The molecule has 0 fully saturated rings. The van der Waals surface area contributed by atoms with E-state index in [4.69, 9.17) is 66.7 Å². The summed E-state index contributed by atoms with van der Waals surface area (Å²) in [5.74, 6) is -1.79. The number of carbonyl (C=O) groups is 3. The van der Waals surface area contributed by atoms with Crippen molar-refractivity contribution in [2.24, 2.45) is 0 Å². The number of carboxylic acid groups (broad SMARTS) is 1. The molecule has 0 aliphatic rings. The van der Waals surface area contributed by atoms with Gasteiger partial charge in [0.25, 0.3) is 0 Å². The Morgan fingerprint density at radius 2 is 0.692 bits per heavy atom. The van der Waals surface area contributed by atoms with Crippen LogP contribution in [0.3, 0.4) is 0 Å². The van der Waals surface area contributed by atoms with Gasteiger partial charge in [0.1, 0.15) is 13.2 Å². The topological polar surface area (TPSA) is 213 Å². The number of esters is 1. The first-order chi connectivity index (χ1) is 25.6. The van der Waals surface area contributed by atoms with Crippen LogP contribution >= 0.6 is 0 Å². The highest BCUT2D eigenvalue weighted by Crippen LogP contribution is 1.90. The first kappa shape index (κ1) is 49.9. The zero-order valence-electron chi connectivity index (χ0n) is 30.9. The number of aliphatic carboxylic acids is 1. The van der Waals surface area contributed by atoms with E-state index in [9.17, 15) is 14.4 Å². The predicted molar refractivity (Wildman–Crippen MR) is 183 cm³/mol. The molecule has 1 amide bonds. The van der Waals surface area contributed by atoms with Crippen LogP contribution < -0.4 is 5.32 Å². The molecule has 0 saturated heterocycles. The second-order valence-electron chi connectivity index (χ2n) is 10.1. The molecule has 2 N–H and O–H groups in total. The average Bonchev–Trinajstić information content (AvgIpc) is 3.12. The third-order valence-corrected chi connectivity index (χ3v) is 5.88. The fourth-order valence-electron chi connectivity index (χ4n) is 3.45. The normalized spacial score (nSPS) is 11.2. The molecule has 52 heavy (non-hydrogen) atoms. The van der Waals surface area contributed by atoms with E-state index in [0.717, 1.165) is 0 Å². The summed E-state index contributed by atoms with van der Waals surface area (Å²) in [7, 11) is 0. The van der Waals surface area contributed by atoms with Gasteiger partial charge >= 0.3 is 11.9 Å².